The zero-order chi connectivity index (χ0) is 22.7. The molecule has 4 fully saturated rings. The number of phenols is 1. The molecule has 6 nitrogen and oxygen atoms in total. The second-order valence-corrected chi connectivity index (χ2v) is 10.7. The van der Waals surface area contributed by atoms with Crippen molar-refractivity contribution in [2.75, 3.05) is 5.32 Å². The third kappa shape index (κ3) is 3.71. The molecule has 0 saturated heterocycles. The average Bonchev–Trinajstić information content (AvgIpc) is 2.75. The maximum Gasteiger partial charge on any atom is 0.320 e. The largest absolute Gasteiger partial charge is 0.507 e. The summed E-state index contributed by atoms with van der Waals surface area (Å²) < 4.78 is 0. The van der Waals surface area contributed by atoms with Gasteiger partial charge in [-0.2, -0.15) is 0 Å². The maximum absolute atomic E-state index is 12.9. The number of amides is 2. The molecule has 4 saturated carbocycles. The topological polar surface area (TPSA) is 87.1 Å². The van der Waals surface area contributed by atoms with Gasteiger partial charge in [0.25, 0.3) is 0 Å². The van der Waals surface area contributed by atoms with Crippen molar-refractivity contribution in [3.05, 3.63) is 47.7 Å². The summed E-state index contributed by atoms with van der Waals surface area (Å²) >= 11 is 0. The van der Waals surface area contributed by atoms with Crippen LogP contribution in [0.15, 0.2) is 36.5 Å². The number of hydrogen-bond acceptors (Lipinski definition) is 4. The van der Waals surface area contributed by atoms with Crippen molar-refractivity contribution in [2.45, 2.75) is 57.9 Å². The van der Waals surface area contributed by atoms with Crippen LogP contribution in [0.1, 0.15) is 49.7 Å². The van der Waals surface area contributed by atoms with Gasteiger partial charge in [0.05, 0.1) is 17.2 Å². The van der Waals surface area contributed by atoms with Gasteiger partial charge in [0.1, 0.15) is 5.75 Å². The molecular weight excluding hydrogens is 412 g/mol. The zero-order valence-electron chi connectivity index (χ0n) is 19.2. The number of aromatic hydroxyl groups is 1. The fourth-order valence-electron chi connectivity index (χ4n) is 7.03. The number of anilines is 1. The van der Waals surface area contributed by atoms with Crippen molar-refractivity contribution < 1.29 is 9.90 Å². The molecule has 2 aromatic carbocycles. The lowest BCUT2D eigenvalue weighted by Gasteiger charge is -2.56. The molecule has 4 aliphatic rings. The normalized spacial score (nSPS) is 27.6. The Morgan fingerprint density at radius 1 is 0.939 bits per heavy atom. The van der Waals surface area contributed by atoms with Gasteiger partial charge in [-0.05, 0) is 117 Å². The molecule has 6 heteroatoms. The molecule has 3 aromatic rings. The number of rotatable bonds is 3. The van der Waals surface area contributed by atoms with E-state index in [0.29, 0.717) is 11.6 Å². The Balaban J connectivity index is 1.22. The predicted octanol–water partition coefficient (Wildman–Crippen LogP) is 5.71. The Hall–Kier alpha value is -3.15. The van der Waals surface area contributed by atoms with Crippen LogP contribution >= 0.6 is 0 Å². The number of aryl methyl sites for hydroxylation is 2. The number of fused-ring (bicyclic) bond motifs is 1. The number of hydrogen-bond donors (Lipinski definition) is 3. The lowest BCUT2D eigenvalue weighted by atomic mass is 9.53. The second kappa shape index (κ2) is 7.44. The van der Waals surface area contributed by atoms with E-state index in [4.69, 9.17) is 0 Å². The van der Waals surface area contributed by atoms with Crippen LogP contribution in [0.4, 0.5) is 10.6 Å². The van der Waals surface area contributed by atoms with E-state index >= 15 is 0 Å². The van der Waals surface area contributed by atoms with E-state index in [1.807, 2.05) is 44.2 Å². The monoisotopic (exact) mass is 442 g/mol. The number of benzene rings is 2. The van der Waals surface area contributed by atoms with E-state index in [2.05, 4.69) is 20.6 Å². The summed E-state index contributed by atoms with van der Waals surface area (Å²) in [7, 11) is 0. The molecule has 4 bridgehead atoms. The zero-order valence-corrected chi connectivity index (χ0v) is 19.2. The van der Waals surface area contributed by atoms with Crippen LogP contribution in [0.5, 0.6) is 5.75 Å². The Labute approximate surface area is 193 Å². The predicted molar refractivity (Wildman–Crippen MR) is 129 cm³/mol. The number of carbonyl (C=O) groups is 1. The van der Waals surface area contributed by atoms with Crippen LogP contribution in [0.25, 0.3) is 22.2 Å². The summed E-state index contributed by atoms with van der Waals surface area (Å²) in [6, 6.07) is 9.70. The minimum atomic E-state index is -0.175. The number of phenolic OH excluding ortho intramolecular Hbond substituents is 1. The van der Waals surface area contributed by atoms with Gasteiger partial charge in [0.2, 0.25) is 0 Å². The van der Waals surface area contributed by atoms with Crippen LogP contribution in [0, 0.1) is 31.6 Å². The SMILES string of the molecule is Cc1cc(-c2ccc3ncc(NC(=O)NC45CC6CC(CC(C6)C4)C5)nc3c2)cc(C)c1O. The molecular formula is C27H30N4O2. The summed E-state index contributed by atoms with van der Waals surface area (Å²) in [5, 5.41) is 16.4. The average molecular weight is 443 g/mol. The van der Waals surface area contributed by atoms with Crippen molar-refractivity contribution >= 4 is 22.9 Å². The third-order valence-corrected chi connectivity index (χ3v) is 8.03. The molecule has 1 heterocycles. The molecule has 2 amide bonds. The summed E-state index contributed by atoms with van der Waals surface area (Å²) in [6.45, 7) is 3.80. The maximum atomic E-state index is 12.9. The molecule has 0 unspecified atom stereocenters. The van der Waals surface area contributed by atoms with E-state index in [1.54, 1.807) is 6.20 Å². The van der Waals surface area contributed by atoms with Gasteiger partial charge in [-0.1, -0.05) is 6.07 Å². The molecule has 3 N–H and O–H groups in total. The lowest BCUT2D eigenvalue weighted by Crippen LogP contribution is -2.60. The smallest absolute Gasteiger partial charge is 0.320 e. The van der Waals surface area contributed by atoms with E-state index in [-0.39, 0.29) is 11.6 Å². The van der Waals surface area contributed by atoms with Gasteiger partial charge in [0, 0.05) is 5.54 Å². The molecule has 0 aliphatic heterocycles. The van der Waals surface area contributed by atoms with Gasteiger partial charge in [-0.15, -0.1) is 0 Å². The van der Waals surface area contributed by atoms with Crippen LogP contribution in [-0.4, -0.2) is 26.6 Å². The van der Waals surface area contributed by atoms with E-state index in [0.717, 1.165) is 70.3 Å². The first-order valence-electron chi connectivity index (χ1n) is 12.0. The summed E-state index contributed by atoms with van der Waals surface area (Å²) in [5.74, 6) is 3.13. The van der Waals surface area contributed by atoms with Gasteiger partial charge in [-0.25, -0.2) is 9.78 Å². The molecule has 1 aromatic heterocycles. The number of urea groups is 1. The second-order valence-electron chi connectivity index (χ2n) is 10.7. The first-order chi connectivity index (χ1) is 15.9. The molecule has 0 atom stereocenters. The van der Waals surface area contributed by atoms with Gasteiger partial charge in [-0.3, -0.25) is 10.3 Å². The number of nitrogens with zero attached hydrogens (tertiary/aromatic N) is 2. The Morgan fingerprint density at radius 2 is 1.58 bits per heavy atom. The van der Waals surface area contributed by atoms with Crippen LogP contribution in [-0.2, 0) is 0 Å². The Kier molecular flexibility index (Phi) is 4.61. The minimum absolute atomic E-state index is 0.0368. The Bertz CT molecular complexity index is 1210. The molecule has 0 spiro atoms. The van der Waals surface area contributed by atoms with Crippen molar-refractivity contribution in [2.24, 2.45) is 17.8 Å². The van der Waals surface area contributed by atoms with Gasteiger partial charge < -0.3 is 10.4 Å². The van der Waals surface area contributed by atoms with Crippen molar-refractivity contribution in [1.82, 2.24) is 15.3 Å². The highest BCUT2D eigenvalue weighted by atomic mass is 16.3. The molecule has 170 valence electrons. The summed E-state index contributed by atoms with van der Waals surface area (Å²) in [6.07, 6.45) is 9.01. The number of aromatic nitrogens is 2. The van der Waals surface area contributed by atoms with Crippen LogP contribution < -0.4 is 10.6 Å². The van der Waals surface area contributed by atoms with E-state index in [1.165, 1.54) is 19.3 Å². The molecule has 33 heavy (non-hydrogen) atoms. The summed E-state index contributed by atoms with van der Waals surface area (Å²) in [5.41, 5.74) is 5.16. The highest BCUT2D eigenvalue weighted by Crippen LogP contribution is 2.55. The first-order valence-corrected chi connectivity index (χ1v) is 12.0. The lowest BCUT2D eigenvalue weighted by molar-refractivity contribution is -0.0127. The quantitative estimate of drug-likeness (QED) is 0.485. The first kappa shape index (κ1) is 20.5. The Morgan fingerprint density at radius 3 is 2.21 bits per heavy atom. The van der Waals surface area contributed by atoms with Gasteiger partial charge >= 0.3 is 6.03 Å². The van der Waals surface area contributed by atoms with Crippen molar-refractivity contribution in [3.8, 4) is 16.9 Å². The minimum Gasteiger partial charge on any atom is -0.507 e. The van der Waals surface area contributed by atoms with Crippen LogP contribution in [0.2, 0.25) is 0 Å². The highest BCUT2D eigenvalue weighted by molar-refractivity contribution is 5.90. The highest BCUT2D eigenvalue weighted by Gasteiger charge is 2.51. The summed E-state index contributed by atoms with van der Waals surface area (Å²) in [4.78, 5) is 22.1. The van der Waals surface area contributed by atoms with E-state index in [9.17, 15) is 9.90 Å². The number of carbonyl (C=O) groups excluding carboxylic acids is 1. The fourth-order valence-corrected chi connectivity index (χ4v) is 7.03. The standard InChI is InChI=1S/C27H30N4O2/c1-15-5-21(6-16(2)25(15)32)20-3-4-22-23(10-20)29-24(14-28-22)30-26(33)31-27-11-17-7-18(12-27)9-19(8-17)13-27/h3-6,10,14,17-19,32H,7-9,11-13H2,1-2H3,(H2,29,30,31,33). The molecule has 4 aliphatic carbocycles. The molecule has 7 rings (SSSR count). The van der Waals surface area contributed by atoms with Crippen molar-refractivity contribution in [3.63, 3.8) is 0 Å². The van der Waals surface area contributed by atoms with Gasteiger partial charge in [0.15, 0.2) is 5.82 Å². The molecule has 0 radical (unpaired) electrons. The fraction of sp³-hybridized carbons (Fsp3) is 0.444. The van der Waals surface area contributed by atoms with E-state index < -0.39 is 0 Å². The number of nitrogens with one attached hydrogen (secondary N) is 2. The third-order valence-electron chi connectivity index (χ3n) is 8.03. The van der Waals surface area contributed by atoms with Crippen molar-refractivity contribution in [1.29, 1.82) is 0 Å². The van der Waals surface area contributed by atoms with Crippen LogP contribution in [0.3, 0.4) is 0 Å².